The zero-order valence-electron chi connectivity index (χ0n) is 14.6. The lowest BCUT2D eigenvalue weighted by molar-refractivity contribution is -0.131. The van der Waals surface area contributed by atoms with Gasteiger partial charge in [0.2, 0.25) is 5.91 Å². The number of methoxy groups -OCH3 is 1. The van der Waals surface area contributed by atoms with E-state index in [1.165, 1.54) is 20.0 Å². The zero-order valence-corrected chi connectivity index (χ0v) is 14.6. The molecule has 2 amide bonds. The molecule has 1 aliphatic heterocycles. The van der Waals surface area contributed by atoms with Crippen LogP contribution in [0.25, 0.3) is 0 Å². The van der Waals surface area contributed by atoms with Gasteiger partial charge in [-0.25, -0.2) is 0 Å². The molecule has 1 aromatic carbocycles. The fourth-order valence-electron chi connectivity index (χ4n) is 3.23. The first kappa shape index (κ1) is 16.6. The van der Waals surface area contributed by atoms with Crippen LogP contribution in [0.1, 0.15) is 40.8 Å². The fourth-order valence-corrected chi connectivity index (χ4v) is 3.23. The lowest BCUT2D eigenvalue weighted by atomic mass is 10.2. The van der Waals surface area contributed by atoms with Crippen LogP contribution in [0.2, 0.25) is 0 Å². The van der Waals surface area contributed by atoms with Crippen LogP contribution in [0.3, 0.4) is 0 Å². The van der Waals surface area contributed by atoms with E-state index in [-0.39, 0.29) is 18.4 Å². The monoisotopic (exact) mass is 355 g/mol. The molecule has 1 saturated carbocycles. The topological polar surface area (TPSA) is 89.4 Å². The minimum absolute atomic E-state index is 0.0551. The largest absolute Gasteiger partial charge is 0.496 e. The predicted molar refractivity (Wildman–Crippen MR) is 92.7 cm³/mol. The van der Waals surface area contributed by atoms with Crippen molar-refractivity contribution in [3.63, 3.8) is 0 Å². The van der Waals surface area contributed by atoms with Crippen molar-refractivity contribution in [2.45, 2.75) is 31.8 Å². The summed E-state index contributed by atoms with van der Waals surface area (Å²) in [4.78, 5) is 26.5. The van der Waals surface area contributed by atoms with Crippen molar-refractivity contribution < 1.29 is 14.3 Å². The van der Waals surface area contributed by atoms with Gasteiger partial charge in [-0.2, -0.15) is 0 Å². The average Bonchev–Trinajstić information content (AvgIpc) is 3.44. The molecule has 0 spiro atoms. The minimum atomic E-state index is -0.327. The summed E-state index contributed by atoms with van der Waals surface area (Å²) in [6.45, 7) is 1.69. The molecule has 1 N–H and O–H groups in total. The second-order valence-electron chi connectivity index (χ2n) is 6.60. The highest BCUT2D eigenvalue weighted by Gasteiger charge is 2.32. The van der Waals surface area contributed by atoms with Gasteiger partial charge in [0.05, 0.1) is 25.8 Å². The van der Waals surface area contributed by atoms with Crippen molar-refractivity contribution in [2.24, 2.45) is 0 Å². The molecular weight excluding hydrogens is 334 g/mol. The maximum Gasteiger partial charge on any atom is 0.255 e. The molecule has 0 radical (unpaired) electrons. The summed E-state index contributed by atoms with van der Waals surface area (Å²) in [6, 6.07) is 6.93. The number of rotatable bonds is 5. The molecule has 4 rings (SSSR count). The van der Waals surface area contributed by atoms with Crippen molar-refractivity contribution >= 4 is 11.8 Å². The second kappa shape index (κ2) is 6.78. The molecule has 8 heteroatoms. The molecule has 2 heterocycles. The van der Waals surface area contributed by atoms with Crippen LogP contribution >= 0.6 is 0 Å². The number of hydrogen-bond donors (Lipinski definition) is 1. The molecule has 8 nitrogen and oxygen atoms in total. The van der Waals surface area contributed by atoms with Crippen LogP contribution < -0.4 is 10.1 Å². The van der Waals surface area contributed by atoms with E-state index < -0.39 is 0 Å². The number of amides is 2. The van der Waals surface area contributed by atoms with Gasteiger partial charge in [0.25, 0.3) is 5.91 Å². The van der Waals surface area contributed by atoms with E-state index in [0.29, 0.717) is 36.9 Å². The Kier molecular flexibility index (Phi) is 4.32. The quantitative estimate of drug-likeness (QED) is 0.862. The number of ether oxygens (including phenoxy) is 1. The molecule has 26 heavy (non-hydrogen) atoms. The summed E-state index contributed by atoms with van der Waals surface area (Å²) in [5.41, 5.74) is 0.412. The molecule has 1 aliphatic carbocycles. The molecule has 2 aliphatic rings. The zero-order chi connectivity index (χ0) is 18.1. The number of hydrogen-bond acceptors (Lipinski definition) is 5. The Morgan fingerprint density at radius 3 is 2.81 bits per heavy atom. The lowest BCUT2D eigenvalue weighted by Crippen LogP contribution is -2.44. The van der Waals surface area contributed by atoms with Gasteiger partial charge in [0.1, 0.15) is 11.6 Å². The number of para-hydroxylation sites is 1. The summed E-state index contributed by atoms with van der Waals surface area (Å²) in [7, 11) is 1.51. The van der Waals surface area contributed by atoms with Crippen LogP contribution in [0.5, 0.6) is 5.75 Å². The third kappa shape index (κ3) is 3.14. The fraction of sp³-hybridized carbons (Fsp3) is 0.444. The standard InChI is InChI=1S/C18H21N5O3/c1-26-14-5-3-2-4-13(14)18(25)19-10-16(24)22-8-9-23-15(11-22)20-21-17(23)12-6-7-12/h2-5,12H,6-11H2,1H3,(H,19,25). The van der Waals surface area contributed by atoms with Crippen LogP contribution in [0.15, 0.2) is 24.3 Å². The minimum Gasteiger partial charge on any atom is -0.496 e. The van der Waals surface area contributed by atoms with Gasteiger partial charge in [-0.3, -0.25) is 9.59 Å². The Labute approximate surface area is 151 Å². The Morgan fingerprint density at radius 1 is 1.23 bits per heavy atom. The van der Waals surface area contributed by atoms with E-state index in [0.717, 1.165) is 11.6 Å². The number of nitrogens with zero attached hydrogens (tertiary/aromatic N) is 4. The van der Waals surface area contributed by atoms with Crippen LogP contribution in [0, 0.1) is 0 Å². The number of fused-ring (bicyclic) bond motifs is 1. The number of aromatic nitrogens is 3. The van der Waals surface area contributed by atoms with E-state index in [1.807, 2.05) is 0 Å². The highest BCUT2D eigenvalue weighted by atomic mass is 16.5. The number of benzene rings is 1. The number of nitrogens with one attached hydrogen (secondary N) is 1. The molecule has 0 bridgehead atoms. The normalized spacial score (nSPS) is 16.1. The van der Waals surface area contributed by atoms with Crippen LogP contribution in [0.4, 0.5) is 0 Å². The molecule has 0 saturated heterocycles. The SMILES string of the molecule is COc1ccccc1C(=O)NCC(=O)N1CCn2c(nnc2C2CC2)C1. The van der Waals surface area contributed by atoms with E-state index in [4.69, 9.17) is 4.74 Å². The highest BCUT2D eigenvalue weighted by molar-refractivity contribution is 5.98. The van der Waals surface area contributed by atoms with Crippen molar-refractivity contribution in [3.05, 3.63) is 41.5 Å². The molecule has 136 valence electrons. The molecular formula is C18H21N5O3. The summed E-state index contributed by atoms with van der Waals surface area (Å²) in [6.07, 6.45) is 2.35. The van der Waals surface area contributed by atoms with Gasteiger partial charge >= 0.3 is 0 Å². The Bertz CT molecular complexity index is 843. The first-order valence-corrected chi connectivity index (χ1v) is 8.78. The first-order valence-electron chi connectivity index (χ1n) is 8.78. The van der Waals surface area contributed by atoms with Crippen molar-refractivity contribution in [1.82, 2.24) is 25.0 Å². The summed E-state index contributed by atoms with van der Waals surface area (Å²) < 4.78 is 7.31. The van der Waals surface area contributed by atoms with Gasteiger partial charge in [-0.05, 0) is 25.0 Å². The van der Waals surface area contributed by atoms with Gasteiger partial charge < -0.3 is 19.5 Å². The van der Waals surface area contributed by atoms with Gasteiger partial charge in [-0.1, -0.05) is 12.1 Å². The maximum absolute atomic E-state index is 12.5. The maximum atomic E-state index is 12.5. The Hall–Kier alpha value is -2.90. The van der Waals surface area contributed by atoms with E-state index in [2.05, 4.69) is 20.1 Å². The third-order valence-electron chi connectivity index (χ3n) is 4.83. The smallest absolute Gasteiger partial charge is 0.255 e. The molecule has 0 unspecified atom stereocenters. The summed E-state index contributed by atoms with van der Waals surface area (Å²) >= 11 is 0. The van der Waals surface area contributed by atoms with E-state index in [1.54, 1.807) is 29.2 Å². The average molecular weight is 355 g/mol. The van der Waals surface area contributed by atoms with Gasteiger partial charge in [0.15, 0.2) is 5.82 Å². The molecule has 1 fully saturated rings. The highest BCUT2D eigenvalue weighted by Crippen LogP contribution is 2.39. The van der Waals surface area contributed by atoms with Crippen molar-refractivity contribution in [2.75, 3.05) is 20.2 Å². The molecule has 1 aromatic heterocycles. The summed E-state index contributed by atoms with van der Waals surface area (Å²) in [5.74, 6) is 2.44. The Balaban J connectivity index is 1.36. The lowest BCUT2D eigenvalue weighted by Gasteiger charge is -2.28. The van der Waals surface area contributed by atoms with Crippen molar-refractivity contribution in [3.8, 4) is 5.75 Å². The van der Waals surface area contributed by atoms with E-state index >= 15 is 0 Å². The van der Waals surface area contributed by atoms with Crippen LogP contribution in [-0.4, -0.2) is 51.7 Å². The van der Waals surface area contributed by atoms with Gasteiger partial charge in [-0.15, -0.1) is 10.2 Å². The molecule has 0 atom stereocenters. The third-order valence-corrected chi connectivity index (χ3v) is 4.83. The number of carbonyl (C=O) groups excluding carboxylic acids is 2. The predicted octanol–water partition coefficient (Wildman–Crippen LogP) is 0.936. The van der Waals surface area contributed by atoms with E-state index in [9.17, 15) is 9.59 Å². The molecule has 2 aromatic rings. The first-order chi connectivity index (χ1) is 12.7. The Morgan fingerprint density at radius 2 is 2.04 bits per heavy atom. The van der Waals surface area contributed by atoms with Crippen LogP contribution in [-0.2, 0) is 17.9 Å². The van der Waals surface area contributed by atoms with Crippen molar-refractivity contribution in [1.29, 1.82) is 0 Å². The summed E-state index contributed by atoms with van der Waals surface area (Å²) in [5, 5.41) is 11.2. The van der Waals surface area contributed by atoms with Gasteiger partial charge in [0, 0.05) is 19.0 Å². The second-order valence-corrected chi connectivity index (χ2v) is 6.60. The number of carbonyl (C=O) groups is 2.